The van der Waals surface area contributed by atoms with E-state index in [9.17, 15) is 35.9 Å². The molecule has 1 heterocycles. The van der Waals surface area contributed by atoms with Gasteiger partial charge in [0.25, 0.3) is 0 Å². The second-order valence-electron chi connectivity index (χ2n) is 5.80. The number of aromatic nitrogens is 1. The smallest absolute Gasteiger partial charge is 0.369 e. The third kappa shape index (κ3) is 4.78. The van der Waals surface area contributed by atoms with E-state index in [-0.39, 0.29) is 16.8 Å². The van der Waals surface area contributed by atoms with Crippen LogP contribution in [0.2, 0.25) is 0 Å². The van der Waals surface area contributed by atoms with Crippen molar-refractivity contribution in [3.63, 3.8) is 0 Å². The van der Waals surface area contributed by atoms with Crippen molar-refractivity contribution >= 4 is 17.5 Å². The monoisotopic (exact) mass is 405 g/mol. The van der Waals surface area contributed by atoms with Gasteiger partial charge in [0.1, 0.15) is 11.6 Å². The first-order valence-electron chi connectivity index (χ1n) is 7.65. The van der Waals surface area contributed by atoms with E-state index < -0.39 is 41.3 Å². The molecule has 0 saturated heterocycles. The van der Waals surface area contributed by atoms with Crippen molar-refractivity contribution in [1.29, 1.82) is 0 Å². The number of carbonyl (C=O) groups is 2. The Bertz CT molecular complexity index is 891. The maximum atomic E-state index is 13.0. The number of rotatable bonds is 4. The van der Waals surface area contributed by atoms with Crippen LogP contribution in [0.25, 0.3) is 11.1 Å². The van der Waals surface area contributed by atoms with Crippen molar-refractivity contribution in [3.05, 3.63) is 47.8 Å². The summed E-state index contributed by atoms with van der Waals surface area (Å²) in [6.07, 6.45) is -8.71. The van der Waals surface area contributed by atoms with Gasteiger partial charge in [-0.25, -0.2) is 0 Å². The fourth-order valence-electron chi connectivity index (χ4n) is 2.16. The number of amides is 2. The lowest BCUT2D eigenvalue weighted by Crippen LogP contribution is -2.32. The molecule has 11 heteroatoms. The first-order chi connectivity index (χ1) is 12.8. The number of benzene rings is 1. The molecule has 3 N–H and O–H groups in total. The Kier molecular flexibility index (Phi) is 5.67. The van der Waals surface area contributed by atoms with Crippen LogP contribution in [-0.4, -0.2) is 16.8 Å². The summed E-state index contributed by atoms with van der Waals surface area (Å²) in [6, 6.07) is 3.81. The van der Waals surface area contributed by atoms with E-state index in [1.54, 1.807) is 0 Å². The van der Waals surface area contributed by atoms with Crippen molar-refractivity contribution < 1.29 is 35.9 Å². The molecule has 0 radical (unpaired) electrons. The van der Waals surface area contributed by atoms with Crippen LogP contribution in [-0.2, 0) is 21.9 Å². The molecule has 0 aliphatic heterocycles. The van der Waals surface area contributed by atoms with Gasteiger partial charge in [0, 0.05) is 23.0 Å². The predicted molar refractivity (Wildman–Crippen MR) is 86.7 cm³/mol. The van der Waals surface area contributed by atoms with Crippen LogP contribution in [0.3, 0.4) is 0 Å². The van der Waals surface area contributed by atoms with E-state index in [4.69, 9.17) is 5.73 Å². The number of anilines is 1. The number of nitrogens with zero attached hydrogens (tertiary/aromatic N) is 1. The average molecular weight is 405 g/mol. The van der Waals surface area contributed by atoms with E-state index >= 15 is 0 Å². The summed E-state index contributed by atoms with van der Waals surface area (Å²) in [4.78, 5) is 26.3. The van der Waals surface area contributed by atoms with Crippen molar-refractivity contribution in [2.75, 3.05) is 5.32 Å². The predicted octanol–water partition coefficient (Wildman–Crippen LogP) is 3.85. The molecule has 2 aromatic rings. The van der Waals surface area contributed by atoms with Crippen LogP contribution in [0, 0.1) is 5.92 Å². The zero-order valence-electron chi connectivity index (χ0n) is 14.2. The normalized spacial score (nSPS) is 13.1. The van der Waals surface area contributed by atoms with Crippen LogP contribution >= 0.6 is 0 Å². The molecule has 5 nitrogen and oxygen atoms in total. The molecule has 0 spiro atoms. The minimum absolute atomic E-state index is 0.0962. The lowest BCUT2D eigenvalue weighted by Gasteiger charge is -2.16. The quantitative estimate of drug-likeness (QED) is 0.599. The SMILES string of the molecule is C[C@H](C(N)=O)C(=O)Nc1ccc(C(F)(F)F)cc1-c1ccc(C(F)(F)F)nc1. The van der Waals surface area contributed by atoms with Gasteiger partial charge in [-0.1, -0.05) is 6.07 Å². The van der Waals surface area contributed by atoms with Crippen LogP contribution in [0.5, 0.6) is 0 Å². The van der Waals surface area contributed by atoms with E-state index in [0.717, 1.165) is 18.3 Å². The molecule has 0 aliphatic carbocycles. The Morgan fingerprint density at radius 1 is 1.04 bits per heavy atom. The molecule has 1 aromatic carbocycles. The van der Waals surface area contributed by atoms with Crippen LogP contribution in [0.1, 0.15) is 18.2 Å². The molecule has 0 bridgehead atoms. The standard InChI is InChI=1S/C17H13F6N3O2/c1-8(14(24)27)15(28)26-12-4-3-10(16(18,19)20)6-11(12)9-2-5-13(25-7-9)17(21,22)23/h2-8H,1H3,(H2,24,27)(H,26,28)/t8-/m1/s1. The molecule has 0 unspecified atom stereocenters. The Labute approximate surface area is 154 Å². The fourth-order valence-corrected chi connectivity index (χ4v) is 2.16. The lowest BCUT2D eigenvalue weighted by molar-refractivity contribution is -0.141. The molecule has 1 aromatic heterocycles. The minimum atomic E-state index is -4.73. The van der Waals surface area contributed by atoms with Gasteiger partial charge in [-0.15, -0.1) is 0 Å². The number of pyridine rings is 1. The third-order valence-electron chi connectivity index (χ3n) is 3.79. The van der Waals surface area contributed by atoms with Crippen molar-refractivity contribution in [2.24, 2.45) is 11.7 Å². The first kappa shape index (κ1) is 21.2. The summed E-state index contributed by atoms with van der Waals surface area (Å²) in [5.74, 6) is -3.11. The van der Waals surface area contributed by atoms with Crippen molar-refractivity contribution in [1.82, 2.24) is 4.98 Å². The highest BCUT2D eigenvalue weighted by Crippen LogP contribution is 2.37. The molecule has 28 heavy (non-hydrogen) atoms. The zero-order chi connectivity index (χ0) is 21.3. The second-order valence-corrected chi connectivity index (χ2v) is 5.80. The van der Waals surface area contributed by atoms with Gasteiger partial charge in [-0.2, -0.15) is 26.3 Å². The molecular weight excluding hydrogens is 392 g/mol. The van der Waals surface area contributed by atoms with Crippen molar-refractivity contribution in [3.8, 4) is 11.1 Å². The summed E-state index contributed by atoms with van der Waals surface area (Å²) >= 11 is 0. The molecule has 0 fully saturated rings. The number of hydrogen-bond donors (Lipinski definition) is 2. The summed E-state index contributed by atoms with van der Waals surface area (Å²) in [7, 11) is 0. The van der Waals surface area contributed by atoms with Gasteiger partial charge in [0.2, 0.25) is 11.8 Å². The van der Waals surface area contributed by atoms with Crippen LogP contribution in [0.15, 0.2) is 36.5 Å². The maximum absolute atomic E-state index is 13.0. The highest BCUT2D eigenvalue weighted by molar-refractivity contribution is 6.07. The van der Waals surface area contributed by atoms with Gasteiger partial charge in [-0.05, 0) is 31.2 Å². The van der Waals surface area contributed by atoms with Gasteiger partial charge in [0.15, 0.2) is 0 Å². The Hall–Kier alpha value is -3.11. The zero-order valence-corrected chi connectivity index (χ0v) is 14.2. The largest absolute Gasteiger partial charge is 0.433 e. The first-order valence-corrected chi connectivity index (χ1v) is 7.65. The highest BCUT2D eigenvalue weighted by Gasteiger charge is 2.33. The number of carbonyl (C=O) groups excluding carboxylic acids is 2. The number of primary amides is 1. The van der Waals surface area contributed by atoms with Crippen molar-refractivity contribution in [2.45, 2.75) is 19.3 Å². The summed E-state index contributed by atoms with van der Waals surface area (Å²) < 4.78 is 77.0. The third-order valence-corrected chi connectivity index (χ3v) is 3.79. The lowest BCUT2D eigenvalue weighted by atomic mass is 10.0. The highest BCUT2D eigenvalue weighted by atomic mass is 19.4. The second kappa shape index (κ2) is 7.49. The molecule has 0 saturated carbocycles. The molecule has 2 rings (SSSR count). The molecule has 1 atom stereocenters. The van der Waals surface area contributed by atoms with Crippen LogP contribution in [0.4, 0.5) is 32.0 Å². The Morgan fingerprint density at radius 2 is 1.68 bits per heavy atom. The molecule has 150 valence electrons. The van der Waals surface area contributed by atoms with Gasteiger partial charge >= 0.3 is 12.4 Å². The summed E-state index contributed by atoms with van der Waals surface area (Å²) in [5.41, 5.74) is 2.24. The topological polar surface area (TPSA) is 85.1 Å². The Morgan fingerprint density at radius 3 is 2.14 bits per heavy atom. The van der Waals surface area contributed by atoms with Gasteiger partial charge < -0.3 is 11.1 Å². The van der Waals surface area contributed by atoms with E-state index in [0.29, 0.717) is 18.2 Å². The van der Waals surface area contributed by atoms with Gasteiger partial charge in [-0.3, -0.25) is 14.6 Å². The fraction of sp³-hybridized carbons (Fsp3) is 0.235. The number of nitrogens with two attached hydrogens (primary N) is 1. The average Bonchev–Trinajstić information content (AvgIpc) is 2.59. The van der Waals surface area contributed by atoms with Gasteiger partial charge in [0.05, 0.1) is 5.56 Å². The van der Waals surface area contributed by atoms with E-state index in [2.05, 4.69) is 10.3 Å². The van der Waals surface area contributed by atoms with E-state index in [1.165, 1.54) is 6.92 Å². The van der Waals surface area contributed by atoms with Crippen LogP contribution < -0.4 is 11.1 Å². The number of hydrogen-bond acceptors (Lipinski definition) is 3. The van der Waals surface area contributed by atoms with E-state index in [1.807, 2.05) is 0 Å². The number of halogens is 6. The molecular formula is C17H13F6N3O2. The molecule has 2 amide bonds. The summed E-state index contributed by atoms with van der Waals surface area (Å²) in [6.45, 7) is 1.20. The maximum Gasteiger partial charge on any atom is 0.433 e. The number of nitrogens with one attached hydrogen (secondary N) is 1. The number of alkyl halides is 6. The molecule has 0 aliphatic rings. The Balaban J connectivity index is 2.52. The minimum Gasteiger partial charge on any atom is -0.369 e. The summed E-state index contributed by atoms with van der Waals surface area (Å²) in [5, 5.41) is 2.26.